The van der Waals surface area contributed by atoms with E-state index in [2.05, 4.69) is 11.4 Å². The number of carbonyl (C=O) groups is 1. The van der Waals surface area contributed by atoms with Crippen molar-refractivity contribution in [2.75, 3.05) is 23.4 Å². The molecular weight excluding hydrogens is 427 g/mol. The lowest BCUT2D eigenvalue weighted by Gasteiger charge is -2.41. The number of amides is 1. The van der Waals surface area contributed by atoms with Crippen molar-refractivity contribution in [3.8, 4) is 6.07 Å². The number of benzene rings is 2. The van der Waals surface area contributed by atoms with E-state index in [9.17, 15) is 33.3 Å². The number of alkyl halides is 3. The standard InChI is InChI=1S/C21H18F3N5O3/c1-27-17-8-12(11-25)2-4-15(17)18-9-13(26-20(30)21(22,23)24)6-7-28(18)16-5-3-14(29(31)32)10-19(16)27/h2-5,8,10,13,18H,6-7,9H2,1H3,(H,26,30)/t13-,18-/m1/s1. The number of fused-ring (bicyclic) bond motifs is 5. The summed E-state index contributed by atoms with van der Waals surface area (Å²) in [5.41, 5.74) is 2.92. The number of nitrogens with zero attached hydrogens (tertiary/aromatic N) is 4. The minimum absolute atomic E-state index is 0.0978. The highest BCUT2D eigenvalue weighted by molar-refractivity contribution is 5.84. The van der Waals surface area contributed by atoms with Gasteiger partial charge in [-0.1, -0.05) is 6.07 Å². The van der Waals surface area contributed by atoms with Crippen LogP contribution >= 0.6 is 0 Å². The second-order valence-electron chi connectivity index (χ2n) is 7.78. The van der Waals surface area contributed by atoms with E-state index < -0.39 is 29.1 Å². The Labute approximate surface area is 181 Å². The Morgan fingerprint density at radius 2 is 1.97 bits per heavy atom. The lowest BCUT2D eigenvalue weighted by atomic mass is 9.90. The van der Waals surface area contributed by atoms with Crippen molar-refractivity contribution in [1.29, 1.82) is 5.26 Å². The van der Waals surface area contributed by atoms with Crippen LogP contribution in [0.1, 0.15) is 30.0 Å². The number of halogens is 3. The Bertz CT molecular complexity index is 1140. The summed E-state index contributed by atoms with van der Waals surface area (Å²) >= 11 is 0. The van der Waals surface area contributed by atoms with Crippen LogP contribution in [0.4, 0.5) is 35.9 Å². The van der Waals surface area contributed by atoms with E-state index in [4.69, 9.17) is 0 Å². The summed E-state index contributed by atoms with van der Waals surface area (Å²) < 4.78 is 38.3. The Kier molecular flexibility index (Phi) is 5.16. The van der Waals surface area contributed by atoms with E-state index in [0.29, 0.717) is 29.2 Å². The molecule has 0 aromatic heterocycles. The third-order valence-corrected chi connectivity index (χ3v) is 5.92. The third-order valence-electron chi connectivity index (χ3n) is 5.92. The predicted octanol–water partition coefficient (Wildman–Crippen LogP) is 3.94. The summed E-state index contributed by atoms with van der Waals surface area (Å²) in [6, 6.07) is 10.5. The molecule has 2 aliphatic heterocycles. The summed E-state index contributed by atoms with van der Waals surface area (Å²) in [4.78, 5) is 26.1. The molecule has 0 saturated carbocycles. The average Bonchev–Trinajstić information content (AvgIpc) is 2.86. The van der Waals surface area contributed by atoms with Gasteiger partial charge in [0.05, 0.1) is 34.0 Å². The number of non-ortho nitro benzene ring substituents is 1. The van der Waals surface area contributed by atoms with Crippen LogP contribution in [0, 0.1) is 21.4 Å². The maximum atomic E-state index is 12.8. The molecule has 1 fully saturated rings. The van der Waals surface area contributed by atoms with E-state index in [-0.39, 0.29) is 18.5 Å². The number of anilines is 3. The first-order valence-electron chi connectivity index (χ1n) is 9.80. The van der Waals surface area contributed by atoms with E-state index in [1.54, 1.807) is 36.2 Å². The van der Waals surface area contributed by atoms with Crippen LogP contribution in [0.15, 0.2) is 36.4 Å². The third kappa shape index (κ3) is 3.68. The molecule has 166 valence electrons. The molecule has 4 rings (SSSR count). The zero-order valence-electron chi connectivity index (χ0n) is 16.9. The summed E-state index contributed by atoms with van der Waals surface area (Å²) in [6.07, 6.45) is -4.47. The predicted molar refractivity (Wildman–Crippen MR) is 110 cm³/mol. The van der Waals surface area contributed by atoms with Gasteiger partial charge >= 0.3 is 12.1 Å². The largest absolute Gasteiger partial charge is 0.471 e. The van der Waals surface area contributed by atoms with Gasteiger partial charge in [0.1, 0.15) is 0 Å². The normalized spacial score (nSPS) is 19.7. The van der Waals surface area contributed by atoms with Gasteiger partial charge < -0.3 is 15.1 Å². The van der Waals surface area contributed by atoms with E-state index >= 15 is 0 Å². The summed E-state index contributed by atoms with van der Waals surface area (Å²) in [6.45, 7) is 0.339. The number of nitro benzene ring substituents is 1. The van der Waals surface area contributed by atoms with E-state index in [0.717, 1.165) is 5.56 Å². The molecule has 2 atom stereocenters. The molecule has 2 aromatic carbocycles. The highest BCUT2D eigenvalue weighted by atomic mass is 19.4. The zero-order valence-corrected chi connectivity index (χ0v) is 16.9. The molecule has 2 heterocycles. The van der Waals surface area contributed by atoms with Gasteiger partial charge in [-0.3, -0.25) is 14.9 Å². The van der Waals surface area contributed by atoms with Crippen molar-refractivity contribution in [2.24, 2.45) is 0 Å². The van der Waals surface area contributed by atoms with Crippen LogP contribution in [-0.2, 0) is 4.79 Å². The Morgan fingerprint density at radius 3 is 2.62 bits per heavy atom. The lowest BCUT2D eigenvalue weighted by Crippen LogP contribution is -2.49. The van der Waals surface area contributed by atoms with Crippen LogP contribution in [0.3, 0.4) is 0 Å². The molecule has 11 heteroatoms. The summed E-state index contributed by atoms with van der Waals surface area (Å²) in [7, 11) is 1.73. The summed E-state index contributed by atoms with van der Waals surface area (Å²) in [5, 5.41) is 22.7. The Balaban J connectivity index is 1.80. The van der Waals surface area contributed by atoms with Gasteiger partial charge in [0.15, 0.2) is 0 Å². The van der Waals surface area contributed by atoms with Gasteiger partial charge in [0, 0.05) is 37.5 Å². The number of nitro groups is 1. The number of rotatable bonds is 2. The number of hydrogen-bond acceptors (Lipinski definition) is 6. The van der Waals surface area contributed by atoms with Crippen molar-refractivity contribution in [1.82, 2.24) is 5.32 Å². The van der Waals surface area contributed by atoms with E-state index in [1.165, 1.54) is 12.1 Å². The highest BCUT2D eigenvalue weighted by Crippen LogP contribution is 2.49. The van der Waals surface area contributed by atoms with Crippen molar-refractivity contribution < 1.29 is 22.9 Å². The number of nitriles is 1. The van der Waals surface area contributed by atoms with Crippen molar-refractivity contribution >= 4 is 28.7 Å². The average molecular weight is 445 g/mol. The molecule has 8 nitrogen and oxygen atoms in total. The summed E-state index contributed by atoms with van der Waals surface area (Å²) in [5.74, 6) is -1.97. The number of piperidine rings is 1. The highest BCUT2D eigenvalue weighted by Gasteiger charge is 2.42. The van der Waals surface area contributed by atoms with Crippen LogP contribution in [0.5, 0.6) is 0 Å². The van der Waals surface area contributed by atoms with Crippen LogP contribution in [-0.4, -0.2) is 36.6 Å². The van der Waals surface area contributed by atoms with Crippen LogP contribution < -0.4 is 15.1 Å². The SMILES string of the molecule is CN1c2cc(C#N)ccc2[C@H]2C[C@H](NC(=O)C(F)(F)F)CCN2c2ccc([N+](=O)[O-])cc21. The molecule has 2 aromatic rings. The zero-order chi connectivity index (χ0) is 23.2. The molecule has 32 heavy (non-hydrogen) atoms. The molecular formula is C21H18F3N5O3. The minimum Gasteiger partial charge on any atom is -0.363 e. The van der Waals surface area contributed by atoms with E-state index in [1.807, 2.05) is 4.90 Å². The van der Waals surface area contributed by atoms with Gasteiger partial charge in [0.2, 0.25) is 0 Å². The van der Waals surface area contributed by atoms with Gasteiger partial charge in [-0.15, -0.1) is 0 Å². The van der Waals surface area contributed by atoms with Crippen LogP contribution in [0.2, 0.25) is 0 Å². The van der Waals surface area contributed by atoms with Crippen molar-refractivity contribution in [2.45, 2.75) is 31.1 Å². The second kappa shape index (κ2) is 7.71. The molecule has 0 bridgehead atoms. The minimum atomic E-state index is -4.97. The first-order valence-corrected chi connectivity index (χ1v) is 9.80. The molecule has 1 saturated heterocycles. The molecule has 0 radical (unpaired) electrons. The molecule has 1 amide bonds. The van der Waals surface area contributed by atoms with Gasteiger partial charge in [0.25, 0.3) is 5.69 Å². The quantitative estimate of drug-likeness (QED) is 0.555. The number of carbonyl (C=O) groups excluding carboxylic acids is 1. The maximum absolute atomic E-state index is 12.8. The fraction of sp³-hybridized carbons (Fsp3) is 0.333. The first-order chi connectivity index (χ1) is 15.1. The molecule has 0 unspecified atom stereocenters. The van der Waals surface area contributed by atoms with Gasteiger partial charge in [-0.25, -0.2) is 0 Å². The number of nitrogens with one attached hydrogen (secondary N) is 1. The Morgan fingerprint density at radius 1 is 1.22 bits per heavy atom. The van der Waals surface area contributed by atoms with Gasteiger partial charge in [-0.2, -0.15) is 18.4 Å². The maximum Gasteiger partial charge on any atom is 0.471 e. The topological polar surface area (TPSA) is 103 Å². The molecule has 0 spiro atoms. The first kappa shape index (κ1) is 21.4. The van der Waals surface area contributed by atoms with Crippen LogP contribution in [0.25, 0.3) is 0 Å². The van der Waals surface area contributed by atoms with Crippen molar-refractivity contribution in [3.63, 3.8) is 0 Å². The Hall–Kier alpha value is -3.81. The van der Waals surface area contributed by atoms with Gasteiger partial charge in [-0.05, 0) is 36.6 Å². The monoisotopic (exact) mass is 445 g/mol. The lowest BCUT2D eigenvalue weighted by molar-refractivity contribution is -0.384. The second-order valence-corrected chi connectivity index (χ2v) is 7.78. The molecule has 0 aliphatic carbocycles. The molecule has 1 N–H and O–H groups in total. The smallest absolute Gasteiger partial charge is 0.363 e. The fourth-order valence-corrected chi connectivity index (χ4v) is 4.40. The molecule has 2 aliphatic rings. The number of hydrogen-bond donors (Lipinski definition) is 1. The fourth-order valence-electron chi connectivity index (χ4n) is 4.40. The van der Waals surface area contributed by atoms with Crippen molar-refractivity contribution in [3.05, 3.63) is 57.6 Å².